The van der Waals surface area contributed by atoms with E-state index in [2.05, 4.69) is 5.32 Å². The van der Waals surface area contributed by atoms with Gasteiger partial charge >= 0.3 is 0 Å². The number of sulfone groups is 1. The van der Waals surface area contributed by atoms with Crippen LogP contribution in [0.2, 0.25) is 0 Å². The monoisotopic (exact) mass is 301 g/mol. The van der Waals surface area contributed by atoms with Crippen molar-refractivity contribution in [2.24, 2.45) is 0 Å². The average Bonchev–Trinajstić information content (AvgIpc) is 2.35. The Hall–Kier alpha value is -1.47. The molecule has 0 saturated heterocycles. The van der Waals surface area contributed by atoms with Gasteiger partial charge in [-0.2, -0.15) is 0 Å². The summed E-state index contributed by atoms with van der Waals surface area (Å²) in [6.07, 6.45) is 0.287. The lowest BCUT2D eigenvalue weighted by molar-refractivity contribution is -0.116. The van der Waals surface area contributed by atoms with Crippen molar-refractivity contribution < 1.29 is 22.7 Å². The largest absolute Gasteiger partial charge is 0.387 e. The summed E-state index contributed by atoms with van der Waals surface area (Å²) in [5.74, 6) is -0.913. The van der Waals surface area contributed by atoms with Crippen molar-refractivity contribution in [2.45, 2.75) is 31.1 Å². The molecular formula is C13H16FNO4S. The number of amides is 1. The fraction of sp³-hybridized carbons (Fsp3) is 0.462. The molecule has 2 N–H and O–H groups in total. The number of carbonyl (C=O) groups excluding carboxylic acids is 1. The maximum atomic E-state index is 14.0. The third kappa shape index (κ3) is 2.83. The van der Waals surface area contributed by atoms with E-state index in [-0.39, 0.29) is 17.9 Å². The zero-order valence-corrected chi connectivity index (χ0v) is 12.0. The van der Waals surface area contributed by atoms with Crippen LogP contribution in [-0.2, 0) is 21.1 Å². The van der Waals surface area contributed by atoms with Gasteiger partial charge in [0.15, 0.2) is 9.84 Å². The Balaban J connectivity index is 2.41. The summed E-state index contributed by atoms with van der Waals surface area (Å²) in [4.78, 5) is 11.2. The van der Waals surface area contributed by atoms with Crippen molar-refractivity contribution in [3.05, 3.63) is 29.1 Å². The van der Waals surface area contributed by atoms with Gasteiger partial charge in [-0.1, -0.05) is 0 Å². The van der Waals surface area contributed by atoms with E-state index >= 15 is 0 Å². The zero-order chi connectivity index (χ0) is 15.1. The van der Waals surface area contributed by atoms with Crippen LogP contribution in [0.5, 0.6) is 0 Å². The van der Waals surface area contributed by atoms with Gasteiger partial charge in [0.25, 0.3) is 0 Å². The number of aliphatic hydroxyl groups excluding tert-OH is 1. The first-order valence-corrected chi connectivity index (χ1v) is 8.14. The number of benzene rings is 1. The SMILES string of the molecule is CC(C(O)c1cc2c(cc1F)NC(=O)CC2)S(C)(=O)=O. The highest BCUT2D eigenvalue weighted by Crippen LogP contribution is 2.31. The van der Waals surface area contributed by atoms with Crippen molar-refractivity contribution in [1.29, 1.82) is 0 Å². The fourth-order valence-electron chi connectivity index (χ4n) is 2.13. The summed E-state index contributed by atoms with van der Waals surface area (Å²) in [5.41, 5.74) is 1.01. The van der Waals surface area contributed by atoms with Crippen LogP contribution in [-0.4, -0.2) is 30.9 Å². The minimum Gasteiger partial charge on any atom is -0.387 e. The summed E-state index contributed by atoms with van der Waals surface area (Å²) in [5, 5.41) is 11.5. The molecule has 1 heterocycles. The van der Waals surface area contributed by atoms with E-state index in [1.165, 1.54) is 13.0 Å². The normalized spacial score (nSPS) is 18.1. The molecule has 0 fully saturated rings. The second kappa shape index (κ2) is 5.14. The van der Waals surface area contributed by atoms with Crippen LogP contribution in [0.15, 0.2) is 12.1 Å². The number of carbonyl (C=O) groups is 1. The first kappa shape index (κ1) is 14.9. The van der Waals surface area contributed by atoms with Crippen molar-refractivity contribution >= 4 is 21.4 Å². The number of hydrogen-bond acceptors (Lipinski definition) is 4. The van der Waals surface area contributed by atoms with E-state index in [1.807, 2.05) is 0 Å². The van der Waals surface area contributed by atoms with E-state index in [0.29, 0.717) is 17.7 Å². The number of halogens is 1. The molecule has 1 aromatic rings. The van der Waals surface area contributed by atoms with Gasteiger partial charge in [0.05, 0.1) is 11.4 Å². The number of aryl methyl sites for hydroxylation is 1. The number of hydrogen-bond donors (Lipinski definition) is 2. The van der Waals surface area contributed by atoms with Crippen LogP contribution in [0.3, 0.4) is 0 Å². The van der Waals surface area contributed by atoms with Crippen molar-refractivity contribution in [3.8, 4) is 0 Å². The number of aliphatic hydroxyl groups is 1. The Morgan fingerprint density at radius 3 is 2.60 bits per heavy atom. The second-order valence-corrected chi connectivity index (χ2v) is 7.46. The lowest BCUT2D eigenvalue weighted by Gasteiger charge is -2.22. The number of rotatable bonds is 3. The predicted octanol–water partition coefficient (Wildman–Crippen LogP) is 1.18. The van der Waals surface area contributed by atoms with Gasteiger partial charge in [0.1, 0.15) is 5.82 Å². The second-order valence-electron chi connectivity index (χ2n) is 5.06. The quantitative estimate of drug-likeness (QED) is 0.878. The van der Waals surface area contributed by atoms with E-state index in [9.17, 15) is 22.7 Å². The maximum absolute atomic E-state index is 14.0. The molecule has 7 heteroatoms. The van der Waals surface area contributed by atoms with Gasteiger partial charge < -0.3 is 10.4 Å². The number of anilines is 1. The molecule has 5 nitrogen and oxygen atoms in total. The van der Waals surface area contributed by atoms with Crippen LogP contribution in [0.1, 0.15) is 30.6 Å². The van der Waals surface area contributed by atoms with Crippen LogP contribution < -0.4 is 5.32 Å². The van der Waals surface area contributed by atoms with Gasteiger partial charge in [-0.3, -0.25) is 4.79 Å². The molecule has 110 valence electrons. The Morgan fingerprint density at radius 2 is 2.00 bits per heavy atom. The highest BCUT2D eigenvalue weighted by Gasteiger charge is 2.29. The number of fused-ring (bicyclic) bond motifs is 1. The van der Waals surface area contributed by atoms with E-state index in [4.69, 9.17) is 0 Å². The third-order valence-corrected chi connectivity index (χ3v) is 5.17. The first-order chi connectivity index (χ1) is 9.20. The molecule has 0 spiro atoms. The highest BCUT2D eigenvalue weighted by molar-refractivity contribution is 7.91. The lowest BCUT2D eigenvalue weighted by Crippen LogP contribution is -2.26. The standard InChI is InChI=1S/C13H16FNO4S/c1-7(20(2,18)19)13(17)9-5-8-3-4-12(16)15-11(8)6-10(9)14/h5-7,13,17H,3-4H2,1-2H3,(H,15,16). The topological polar surface area (TPSA) is 83.5 Å². The summed E-state index contributed by atoms with van der Waals surface area (Å²) in [6.45, 7) is 1.33. The molecule has 20 heavy (non-hydrogen) atoms. The van der Waals surface area contributed by atoms with Crippen LogP contribution in [0.25, 0.3) is 0 Å². The predicted molar refractivity (Wildman–Crippen MR) is 72.6 cm³/mol. The van der Waals surface area contributed by atoms with Gasteiger partial charge in [-0.15, -0.1) is 0 Å². The van der Waals surface area contributed by atoms with Gasteiger partial charge in [0.2, 0.25) is 5.91 Å². The lowest BCUT2D eigenvalue weighted by atomic mass is 9.97. The molecule has 2 unspecified atom stereocenters. The molecule has 0 aromatic heterocycles. The summed E-state index contributed by atoms with van der Waals surface area (Å²) in [6, 6.07) is 2.55. The average molecular weight is 301 g/mol. The molecule has 0 saturated carbocycles. The Bertz CT molecular complexity index is 657. The van der Waals surface area contributed by atoms with E-state index in [1.54, 1.807) is 0 Å². The molecule has 2 rings (SSSR count). The molecule has 2 atom stereocenters. The van der Waals surface area contributed by atoms with Gasteiger partial charge in [-0.05, 0) is 31.0 Å². The Kier molecular flexibility index (Phi) is 3.84. The van der Waals surface area contributed by atoms with Crippen molar-refractivity contribution in [2.75, 3.05) is 11.6 Å². The molecule has 1 aliphatic rings. The van der Waals surface area contributed by atoms with Crippen molar-refractivity contribution in [1.82, 2.24) is 0 Å². The van der Waals surface area contributed by atoms with Crippen LogP contribution in [0.4, 0.5) is 10.1 Å². The third-order valence-electron chi connectivity index (χ3n) is 3.56. The summed E-state index contributed by atoms with van der Waals surface area (Å²) in [7, 11) is -3.48. The minimum absolute atomic E-state index is 0.0576. The van der Waals surface area contributed by atoms with Crippen LogP contribution >= 0.6 is 0 Å². The summed E-state index contributed by atoms with van der Waals surface area (Å²) < 4.78 is 36.9. The van der Waals surface area contributed by atoms with E-state index < -0.39 is 27.0 Å². The van der Waals surface area contributed by atoms with Crippen LogP contribution in [0, 0.1) is 5.82 Å². The molecule has 1 aliphatic heterocycles. The smallest absolute Gasteiger partial charge is 0.224 e. The Morgan fingerprint density at radius 1 is 1.35 bits per heavy atom. The van der Waals surface area contributed by atoms with Crippen molar-refractivity contribution in [3.63, 3.8) is 0 Å². The zero-order valence-electron chi connectivity index (χ0n) is 11.2. The highest BCUT2D eigenvalue weighted by atomic mass is 32.2. The maximum Gasteiger partial charge on any atom is 0.224 e. The molecule has 1 amide bonds. The molecule has 0 bridgehead atoms. The fourth-order valence-corrected chi connectivity index (χ4v) is 2.75. The summed E-state index contributed by atoms with van der Waals surface area (Å²) >= 11 is 0. The van der Waals surface area contributed by atoms with Gasteiger partial charge in [-0.25, -0.2) is 12.8 Å². The number of nitrogens with one attached hydrogen (secondary N) is 1. The molecule has 0 aliphatic carbocycles. The Labute approximate surface area is 116 Å². The van der Waals surface area contributed by atoms with Gasteiger partial charge in [0, 0.05) is 23.9 Å². The van der Waals surface area contributed by atoms with E-state index in [0.717, 1.165) is 12.3 Å². The molecular weight excluding hydrogens is 285 g/mol. The minimum atomic E-state index is -3.48. The molecule has 0 radical (unpaired) electrons. The molecule has 1 aromatic carbocycles. The first-order valence-electron chi connectivity index (χ1n) is 6.19.